The van der Waals surface area contributed by atoms with E-state index < -0.39 is 5.97 Å². The molecule has 0 fully saturated rings. The summed E-state index contributed by atoms with van der Waals surface area (Å²) in [6.07, 6.45) is -0.0381. The lowest BCUT2D eigenvalue weighted by Crippen LogP contribution is -2.18. The number of amides is 1. The number of aryl methyl sites for hydroxylation is 1. The van der Waals surface area contributed by atoms with Gasteiger partial charge in [0.2, 0.25) is 5.91 Å². The Kier molecular flexibility index (Phi) is 4.65. The van der Waals surface area contributed by atoms with Gasteiger partial charge in [0.25, 0.3) is 0 Å². The summed E-state index contributed by atoms with van der Waals surface area (Å²) in [7, 11) is 0. The number of hydrogen-bond acceptors (Lipinski definition) is 4. The molecule has 2 heterocycles. The minimum Gasteiger partial charge on any atom is -0.486 e. The Labute approximate surface area is 161 Å². The van der Waals surface area contributed by atoms with Gasteiger partial charge in [-0.05, 0) is 25.1 Å². The minimum absolute atomic E-state index is 0.0381. The first-order valence-corrected chi connectivity index (χ1v) is 9.11. The van der Waals surface area contributed by atoms with Crippen LogP contribution in [-0.2, 0) is 17.8 Å². The summed E-state index contributed by atoms with van der Waals surface area (Å²) < 4.78 is 12.7. The Morgan fingerprint density at radius 2 is 1.86 bits per heavy atom. The number of carboxylic acids is 1. The molecule has 1 aromatic heterocycles. The second kappa shape index (κ2) is 7.26. The number of carbonyl (C=O) groups excluding carboxylic acids is 1. The number of rotatable bonds is 5. The van der Waals surface area contributed by atoms with E-state index in [0.29, 0.717) is 42.5 Å². The number of nitrogens with one attached hydrogen (secondary N) is 1. The molecule has 0 unspecified atom stereocenters. The fourth-order valence-corrected chi connectivity index (χ4v) is 3.61. The van der Waals surface area contributed by atoms with Crippen LogP contribution in [-0.4, -0.2) is 34.8 Å². The average molecular weight is 380 g/mol. The molecule has 0 saturated heterocycles. The van der Waals surface area contributed by atoms with Crippen molar-refractivity contribution in [3.8, 4) is 11.5 Å². The predicted molar refractivity (Wildman–Crippen MR) is 104 cm³/mol. The number of benzene rings is 2. The Morgan fingerprint density at radius 1 is 1.11 bits per heavy atom. The number of hydrogen-bond donors (Lipinski definition) is 2. The van der Waals surface area contributed by atoms with Gasteiger partial charge in [0.05, 0.1) is 6.42 Å². The summed E-state index contributed by atoms with van der Waals surface area (Å²) >= 11 is 0. The summed E-state index contributed by atoms with van der Waals surface area (Å²) in [6.45, 7) is 3.35. The number of fused-ring (bicyclic) bond motifs is 2. The van der Waals surface area contributed by atoms with E-state index in [4.69, 9.17) is 9.47 Å². The summed E-state index contributed by atoms with van der Waals surface area (Å²) in [5.41, 5.74) is 2.05. The van der Waals surface area contributed by atoms with E-state index in [2.05, 4.69) is 5.32 Å². The van der Waals surface area contributed by atoms with Crippen molar-refractivity contribution >= 4 is 28.5 Å². The number of carbonyl (C=O) groups is 2. The zero-order valence-corrected chi connectivity index (χ0v) is 15.4. The summed E-state index contributed by atoms with van der Waals surface area (Å²) in [5.74, 6) is -0.111. The van der Waals surface area contributed by atoms with Crippen LogP contribution in [0.4, 0.5) is 5.69 Å². The maximum Gasteiger partial charge on any atom is 0.352 e. The Hall–Kier alpha value is -3.48. The molecule has 1 amide bonds. The molecule has 2 aromatic carbocycles. The van der Waals surface area contributed by atoms with Gasteiger partial charge in [-0.2, -0.15) is 0 Å². The average Bonchev–Trinajstić information content (AvgIpc) is 3.01. The maximum absolute atomic E-state index is 12.7. The van der Waals surface area contributed by atoms with Gasteiger partial charge in [-0.3, -0.25) is 4.79 Å². The summed E-state index contributed by atoms with van der Waals surface area (Å²) in [6, 6.07) is 12.6. The van der Waals surface area contributed by atoms with Crippen LogP contribution in [0.15, 0.2) is 42.5 Å². The van der Waals surface area contributed by atoms with Gasteiger partial charge in [-0.25, -0.2) is 4.79 Å². The normalized spacial score (nSPS) is 12.8. The third kappa shape index (κ3) is 3.15. The van der Waals surface area contributed by atoms with E-state index in [1.165, 1.54) is 0 Å². The van der Waals surface area contributed by atoms with Gasteiger partial charge in [-0.1, -0.05) is 18.2 Å². The van der Waals surface area contributed by atoms with Gasteiger partial charge in [0, 0.05) is 34.8 Å². The van der Waals surface area contributed by atoms with Crippen LogP contribution in [0.5, 0.6) is 11.5 Å². The highest BCUT2D eigenvalue weighted by molar-refractivity contribution is 6.02. The Morgan fingerprint density at radius 3 is 2.61 bits per heavy atom. The van der Waals surface area contributed by atoms with Crippen molar-refractivity contribution in [1.82, 2.24) is 4.57 Å². The Balaban J connectivity index is 1.64. The van der Waals surface area contributed by atoms with Crippen LogP contribution in [0.2, 0.25) is 0 Å². The molecule has 7 nitrogen and oxygen atoms in total. The standard InChI is InChI=1S/C21H20N2O5/c1-2-23-16-6-4-3-5-14(16)15(20(23)21(25)26)12-19(24)22-13-7-8-17-18(11-13)28-10-9-27-17/h3-8,11H,2,9-10,12H2,1H3,(H,22,24)(H,25,26). The summed E-state index contributed by atoms with van der Waals surface area (Å²) in [4.78, 5) is 24.6. The quantitative estimate of drug-likeness (QED) is 0.709. The lowest BCUT2D eigenvalue weighted by molar-refractivity contribution is -0.115. The topological polar surface area (TPSA) is 89.8 Å². The fourth-order valence-electron chi connectivity index (χ4n) is 3.61. The number of nitrogens with zero attached hydrogens (tertiary/aromatic N) is 1. The SMILES string of the molecule is CCn1c(C(=O)O)c(CC(=O)Nc2ccc3c(c2)OCCO3)c2ccccc21. The van der Waals surface area contributed by atoms with Gasteiger partial charge in [0.15, 0.2) is 11.5 Å². The first-order valence-electron chi connectivity index (χ1n) is 9.11. The molecular weight excluding hydrogens is 360 g/mol. The van der Waals surface area contributed by atoms with E-state index in [-0.39, 0.29) is 18.0 Å². The highest BCUT2D eigenvalue weighted by atomic mass is 16.6. The third-order valence-electron chi connectivity index (χ3n) is 4.76. The van der Waals surface area contributed by atoms with Gasteiger partial charge in [0.1, 0.15) is 18.9 Å². The molecule has 2 N–H and O–H groups in total. The van der Waals surface area contributed by atoms with Crippen LogP contribution in [0.1, 0.15) is 23.0 Å². The molecule has 0 saturated carbocycles. The minimum atomic E-state index is -1.04. The van der Waals surface area contributed by atoms with E-state index >= 15 is 0 Å². The van der Waals surface area contributed by atoms with Gasteiger partial charge >= 0.3 is 5.97 Å². The molecule has 7 heteroatoms. The van der Waals surface area contributed by atoms with Crippen molar-refractivity contribution in [2.75, 3.05) is 18.5 Å². The lowest BCUT2D eigenvalue weighted by atomic mass is 10.1. The highest BCUT2D eigenvalue weighted by Crippen LogP contribution is 2.33. The van der Waals surface area contributed by atoms with Crippen LogP contribution >= 0.6 is 0 Å². The monoisotopic (exact) mass is 380 g/mol. The van der Waals surface area contributed by atoms with Crippen molar-refractivity contribution in [3.63, 3.8) is 0 Å². The highest BCUT2D eigenvalue weighted by Gasteiger charge is 2.23. The number of aromatic carboxylic acids is 1. The lowest BCUT2D eigenvalue weighted by Gasteiger charge is -2.19. The van der Waals surface area contributed by atoms with Gasteiger partial charge in [-0.15, -0.1) is 0 Å². The van der Waals surface area contributed by atoms with Crippen LogP contribution in [0.3, 0.4) is 0 Å². The molecule has 4 rings (SSSR count). The zero-order chi connectivity index (χ0) is 19.7. The molecule has 0 spiro atoms. The molecule has 3 aromatic rings. The number of carboxylic acid groups (broad SMARTS) is 1. The summed E-state index contributed by atoms with van der Waals surface area (Å²) in [5, 5.41) is 13.3. The van der Waals surface area contributed by atoms with E-state index in [1.54, 1.807) is 22.8 Å². The largest absolute Gasteiger partial charge is 0.486 e. The first-order chi connectivity index (χ1) is 13.6. The molecule has 0 bridgehead atoms. The molecule has 144 valence electrons. The molecule has 1 aliphatic heterocycles. The van der Waals surface area contributed by atoms with Crippen molar-refractivity contribution < 1.29 is 24.2 Å². The fraction of sp³-hybridized carbons (Fsp3) is 0.238. The van der Waals surface area contributed by atoms with E-state index in [0.717, 1.165) is 10.9 Å². The number of ether oxygens (including phenoxy) is 2. The van der Waals surface area contributed by atoms with E-state index in [9.17, 15) is 14.7 Å². The van der Waals surface area contributed by atoms with Crippen molar-refractivity contribution in [1.29, 1.82) is 0 Å². The van der Waals surface area contributed by atoms with Gasteiger partial charge < -0.3 is 24.5 Å². The smallest absolute Gasteiger partial charge is 0.352 e. The second-order valence-corrected chi connectivity index (χ2v) is 6.48. The van der Waals surface area contributed by atoms with Crippen LogP contribution in [0, 0.1) is 0 Å². The second-order valence-electron chi connectivity index (χ2n) is 6.48. The van der Waals surface area contributed by atoms with Crippen molar-refractivity contribution in [2.45, 2.75) is 19.9 Å². The predicted octanol–water partition coefficient (Wildman–Crippen LogP) is 3.31. The molecular formula is C21H20N2O5. The molecule has 0 radical (unpaired) electrons. The molecule has 28 heavy (non-hydrogen) atoms. The third-order valence-corrected chi connectivity index (χ3v) is 4.76. The Bertz CT molecular complexity index is 1070. The maximum atomic E-state index is 12.7. The van der Waals surface area contributed by atoms with Crippen LogP contribution < -0.4 is 14.8 Å². The molecule has 1 aliphatic rings. The van der Waals surface area contributed by atoms with E-state index in [1.807, 2.05) is 31.2 Å². The molecule has 0 aliphatic carbocycles. The zero-order valence-electron chi connectivity index (χ0n) is 15.4. The number of aromatic nitrogens is 1. The van der Waals surface area contributed by atoms with Crippen LogP contribution in [0.25, 0.3) is 10.9 Å². The van der Waals surface area contributed by atoms with Crippen molar-refractivity contribution in [3.05, 3.63) is 53.7 Å². The number of para-hydroxylation sites is 1. The number of anilines is 1. The molecule has 0 atom stereocenters. The van der Waals surface area contributed by atoms with Crippen molar-refractivity contribution in [2.24, 2.45) is 0 Å². The first kappa shape index (κ1) is 17.9.